The summed E-state index contributed by atoms with van der Waals surface area (Å²) in [5.74, 6) is 0. The number of ether oxygens (including phenoxy) is 2. The first-order valence-electron chi connectivity index (χ1n) is 7.23. The van der Waals surface area contributed by atoms with Crippen molar-refractivity contribution in [2.75, 3.05) is 0 Å². The Labute approximate surface area is 119 Å². The van der Waals surface area contributed by atoms with Crippen LogP contribution in [0.3, 0.4) is 0 Å². The number of epoxide rings is 2. The van der Waals surface area contributed by atoms with Crippen LogP contribution in [0.25, 0.3) is 11.1 Å². The number of hydrogen-bond acceptors (Lipinski definition) is 2. The summed E-state index contributed by atoms with van der Waals surface area (Å²) in [5.41, 5.74) is 5.05. The van der Waals surface area contributed by atoms with E-state index in [1.807, 2.05) is 0 Å². The Balaban J connectivity index is 1.54. The Bertz CT molecular complexity index is 557. The van der Waals surface area contributed by atoms with E-state index in [2.05, 4.69) is 62.4 Å². The van der Waals surface area contributed by atoms with Gasteiger partial charge in [-0.2, -0.15) is 0 Å². The number of benzene rings is 2. The lowest BCUT2D eigenvalue weighted by Gasteiger charge is -2.04. The highest BCUT2D eigenvalue weighted by molar-refractivity contribution is 5.64. The molecule has 2 aromatic rings. The molecule has 0 saturated carbocycles. The lowest BCUT2D eigenvalue weighted by molar-refractivity contribution is 0.383. The van der Waals surface area contributed by atoms with E-state index in [1.165, 1.54) is 22.3 Å². The third kappa shape index (κ3) is 2.15. The maximum absolute atomic E-state index is 5.49. The van der Waals surface area contributed by atoms with Gasteiger partial charge in [0.25, 0.3) is 0 Å². The molecule has 2 aliphatic rings. The topological polar surface area (TPSA) is 25.1 Å². The quantitative estimate of drug-likeness (QED) is 0.775. The van der Waals surface area contributed by atoms with Crippen molar-refractivity contribution in [1.82, 2.24) is 0 Å². The smallest absolute Gasteiger partial charge is 0.109 e. The zero-order valence-electron chi connectivity index (χ0n) is 11.7. The van der Waals surface area contributed by atoms with Crippen LogP contribution in [0.2, 0.25) is 0 Å². The van der Waals surface area contributed by atoms with Gasteiger partial charge in [0, 0.05) is 0 Å². The number of hydrogen-bond donors (Lipinski definition) is 0. The van der Waals surface area contributed by atoms with Gasteiger partial charge in [-0.15, -0.1) is 0 Å². The van der Waals surface area contributed by atoms with Crippen LogP contribution < -0.4 is 0 Å². The minimum Gasteiger partial charge on any atom is -0.365 e. The lowest BCUT2D eigenvalue weighted by atomic mass is 10.00. The van der Waals surface area contributed by atoms with Gasteiger partial charge in [-0.05, 0) is 36.1 Å². The van der Waals surface area contributed by atoms with Gasteiger partial charge < -0.3 is 9.47 Å². The Morgan fingerprint density at radius 1 is 0.600 bits per heavy atom. The zero-order valence-corrected chi connectivity index (χ0v) is 11.7. The molecule has 4 atom stereocenters. The van der Waals surface area contributed by atoms with Crippen LogP contribution in [-0.4, -0.2) is 12.2 Å². The normalized spacial score (nSPS) is 31.1. The van der Waals surface area contributed by atoms with E-state index >= 15 is 0 Å². The van der Waals surface area contributed by atoms with Gasteiger partial charge in [-0.3, -0.25) is 0 Å². The molecule has 0 amide bonds. The predicted octanol–water partition coefficient (Wildman–Crippen LogP) is 4.27. The van der Waals surface area contributed by atoms with Crippen molar-refractivity contribution in [2.24, 2.45) is 0 Å². The molecule has 0 unspecified atom stereocenters. The molecule has 0 aromatic heterocycles. The van der Waals surface area contributed by atoms with Crippen molar-refractivity contribution < 1.29 is 9.47 Å². The average molecular weight is 266 g/mol. The molecule has 0 spiro atoms. The maximum atomic E-state index is 5.49. The van der Waals surface area contributed by atoms with E-state index in [0.29, 0.717) is 24.4 Å². The van der Waals surface area contributed by atoms with Crippen molar-refractivity contribution in [3.8, 4) is 11.1 Å². The summed E-state index contributed by atoms with van der Waals surface area (Å²) in [6.07, 6.45) is 1.36. The van der Waals surface area contributed by atoms with Crippen LogP contribution in [-0.2, 0) is 9.47 Å². The van der Waals surface area contributed by atoms with Crippen LogP contribution >= 0.6 is 0 Å². The molecule has 2 saturated heterocycles. The van der Waals surface area contributed by atoms with Crippen LogP contribution in [0.15, 0.2) is 48.5 Å². The molecule has 20 heavy (non-hydrogen) atoms. The fraction of sp³-hybridized carbons (Fsp3) is 0.333. The van der Waals surface area contributed by atoms with E-state index in [4.69, 9.17) is 9.47 Å². The molecular formula is C18H18O2. The Kier molecular flexibility index (Phi) is 2.69. The second-order valence-electron chi connectivity index (χ2n) is 5.77. The lowest BCUT2D eigenvalue weighted by Crippen LogP contribution is -1.86. The molecule has 4 rings (SSSR count). The minimum atomic E-state index is 0.305. The second-order valence-corrected chi connectivity index (χ2v) is 5.77. The molecule has 0 radical (unpaired) electrons. The third-order valence-electron chi connectivity index (χ3n) is 4.23. The molecule has 0 aliphatic carbocycles. The van der Waals surface area contributed by atoms with Gasteiger partial charge in [0.15, 0.2) is 0 Å². The van der Waals surface area contributed by atoms with E-state index < -0.39 is 0 Å². The summed E-state index contributed by atoms with van der Waals surface area (Å²) < 4.78 is 11.0. The highest BCUT2D eigenvalue weighted by Gasteiger charge is 2.36. The Morgan fingerprint density at radius 3 is 1.15 bits per heavy atom. The van der Waals surface area contributed by atoms with Crippen LogP contribution in [0.1, 0.15) is 37.2 Å². The van der Waals surface area contributed by atoms with E-state index in [9.17, 15) is 0 Å². The van der Waals surface area contributed by atoms with Gasteiger partial charge in [-0.1, -0.05) is 48.5 Å². The summed E-state index contributed by atoms with van der Waals surface area (Å²) in [7, 11) is 0. The van der Waals surface area contributed by atoms with Gasteiger partial charge in [-0.25, -0.2) is 0 Å². The Morgan fingerprint density at radius 2 is 0.900 bits per heavy atom. The summed E-state index contributed by atoms with van der Waals surface area (Å²) >= 11 is 0. The van der Waals surface area contributed by atoms with Crippen molar-refractivity contribution in [3.63, 3.8) is 0 Å². The van der Waals surface area contributed by atoms with E-state index in [-0.39, 0.29) is 0 Å². The van der Waals surface area contributed by atoms with Gasteiger partial charge >= 0.3 is 0 Å². The molecule has 2 nitrogen and oxygen atoms in total. The van der Waals surface area contributed by atoms with Crippen molar-refractivity contribution in [3.05, 3.63) is 59.7 Å². The second kappa shape index (κ2) is 4.44. The largest absolute Gasteiger partial charge is 0.365 e. The average Bonchev–Trinajstić information content (AvgIpc) is 3.38. The first-order chi connectivity index (χ1) is 9.72. The summed E-state index contributed by atoms with van der Waals surface area (Å²) in [6.45, 7) is 4.22. The molecule has 2 aliphatic heterocycles. The van der Waals surface area contributed by atoms with Crippen molar-refractivity contribution >= 4 is 0 Å². The standard InChI is InChI=1S/C18H18O2/c1-11-17(19-11)15-7-3-13(4-8-15)14-5-9-16(10-6-14)18-12(2)20-18/h3-12,17-18H,1-2H3/t11-,12+,17-,18-/m0/s1. The monoisotopic (exact) mass is 266 g/mol. The van der Waals surface area contributed by atoms with E-state index in [0.717, 1.165) is 0 Å². The van der Waals surface area contributed by atoms with E-state index in [1.54, 1.807) is 0 Å². The molecule has 2 heterocycles. The van der Waals surface area contributed by atoms with Crippen molar-refractivity contribution in [2.45, 2.75) is 38.3 Å². The maximum Gasteiger partial charge on any atom is 0.109 e. The van der Waals surface area contributed by atoms with Gasteiger partial charge in [0.05, 0.1) is 12.2 Å². The van der Waals surface area contributed by atoms with Crippen LogP contribution in [0.5, 0.6) is 0 Å². The summed E-state index contributed by atoms with van der Waals surface area (Å²) in [6, 6.07) is 17.4. The molecule has 2 heteroatoms. The predicted molar refractivity (Wildman–Crippen MR) is 78.5 cm³/mol. The van der Waals surface area contributed by atoms with Crippen LogP contribution in [0.4, 0.5) is 0 Å². The SMILES string of the molecule is C[C@@H]1O[C@@H]1c1ccc(-c2ccc([C@H]3O[C@@H]3C)cc2)cc1. The molecule has 0 N–H and O–H groups in total. The third-order valence-corrected chi connectivity index (χ3v) is 4.23. The molecule has 2 fully saturated rings. The molecular weight excluding hydrogens is 248 g/mol. The fourth-order valence-electron chi connectivity index (χ4n) is 2.80. The Hall–Kier alpha value is -1.64. The molecule has 2 aromatic carbocycles. The summed E-state index contributed by atoms with van der Waals surface area (Å²) in [4.78, 5) is 0. The first-order valence-corrected chi connectivity index (χ1v) is 7.23. The first kappa shape index (κ1) is 12.1. The van der Waals surface area contributed by atoms with Gasteiger partial charge in [0.1, 0.15) is 12.2 Å². The molecule has 0 bridgehead atoms. The minimum absolute atomic E-state index is 0.305. The van der Waals surface area contributed by atoms with Crippen molar-refractivity contribution in [1.29, 1.82) is 0 Å². The highest BCUT2D eigenvalue weighted by atomic mass is 16.6. The van der Waals surface area contributed by atoms with Gasteiger partial charge in [0.2, 0.25) is 0 Å². The zero-order chi connectivity index (χ0) is 13.7. The van der Waals surface area contributed by atoms with Crippen LogP contribution in [0, 0.1) is 0 Å². The highest BCUT2D eigenvalue weighted by Crippen LogP contribution is 2.40. The number of rotatable bonds is 3. The fourth-order valence-corrected chi connectivity index (χ4v) is 2.80. The molecule has 102 valence electrons. The summed E-state index contributed by atoms with van der Waals surface area (Å²) in [5, 5.41) is 0.